The molecule has 4 rings (SSSR count). The van der Waals surface area contributed by atoms with Crippen molar-refractivity contribution in [2.45, 2.75) is 45.1 Å². The van der Waals surface area contributed by atoms with Crippen molar-refractivity contribution < 1.29 is 4.79 Å². The average Bonchev–Trinajstić information content (AvgIpc) is 2.35. The van der Waals surface area contributed by atoms with Gasteiger partial charge in [0.25, 0.3) is 0 Å². The van der Waals surface area contributed by atoms with Gasteiger partial charge in [0.2, 0.25) is 5.91 Å². The van der Waals surface area contributed by atoms with Crippen LogP contribution in [-0.2, 0) is 4.79 Å². The van der Waals surface area contributed by atoms with Gasteiger partial charge in [-0.3, -0.25) is 4.79 Å². The molecule has 0 N–H and O–H groups in total. The van der Waals surface area contributed by atoms with Gasteiger partial charge in [0.15, 0.2) is 0 Å². The number of hydrogen-bond donors (Lipinski definition) is 0. The van der Waals surface area contributed by atoms with Gasteiger partial charge in [0.05, 0.1) is 0 Å². The molecule has 2 nitrogen and oxygen atoms in total. The number of hydrogen-bond acceptors (Lipinski definition) is 1. The largest absolute Gasteiger partial charge is 0.342 e. The molecule has 102 valence electrons. The SMILES string of the molecule is CC(CCl)C(=O)N(C)C1C2CC3CC(C2)CC1C3. The van der Waals surface area contributed by atoms with E-state index < -0.39 is 0 Å². The van der Waals surface area contributed by atoms with Crippen molar-refractivity contribution in [3.05, 3.63) is 0 Å². The van der Waals surface area contributed by atoms with Crippen molar-refractivity contribution >= 4 is 17.5 Å². The predicted octanol–water partition coefficient (Wildman–Crippen LogP) is 3.14. The molecule has 18 heavy (non-hydrogen) atoms. The van der Waals surface area contributed by atoms with Crippen LogP contribution in [0.15, 0.2) is 0 Å². The summed E-state index contributed by atoms with van der Waals surface area (Å²) in [6.07, 6.45) is 6.93. The van der Waals surface area contributed by atoms with Crippen LogP contribution < -0.4 is 0 Å². The molecule has 0 spiro atoms. The van der Waals surface area contributed by atoms with E-state index >= 15 is 0 Å². The van der Waals surface area contributed by atoms with Crippen LogP contribution in [0.2, 0.25) is 0 Å². The molecule has 0 heterocycles. The van der Waals surface area contributed by atoms with Crippen LogP contribution in [0.5, 0.6) is 0 Å². The summed E-state index contributed by atoms with van der Waals surface area (Å²) < 4.78 is 0. The van der Waals surface area contributed by atoms with E-state index in [1.54, 1.807) is 0 Å². The molecule has 3 heteroatoms. The summed E-state index contributed by atoms with van der Waals surface area (Å²) in [7, 11) is 2.01. The van der Waals surface area contributed by atoms with Crippen LogP contribution in [0, 0.1) is 29.6 Å². The minimum Gasteiger partial charge on any atom is -0.342 e. The topological polar surface area (TPSA) is 20.3 Å². The second kappa shape index (κ2) is 4.70. The highest BCUT2D eigenvalue weighted by atomic mass is 35.5. The predicted molar refractivity (Wildman–Crippen MR) is 73.5 cm³/mol. The average molecular weight is 270 g/mol. The minimum atomic E-state index is -0.0335. The highest BCUT2D eigenvalue weighted by Crippen LogP contribution is 2.55. The van der Waals surface area contributed by atoms with E-state index in [2.05, 4.69) is 4.90 Å². The quantitative estimate of drug-likeness (QED) is 0.721. The van der Waals surface area contributed by atoms with Crippen LogP contribution in [-0.4, -0.2) is 29.8 Å². The molecule has 4 aliphatic carbocycles. The fourth-order valence-electron chi connectivity index (χ4n) is 5.09. The first-order chi connectivity index (χ1) is 8.60. The standard InChI is InChI=1S/C15H24ClNO/c1-9(8-16)15(18)17(2)14-12-4-10-3-11(6-12)7-13(14)5-10/h9-14H,3-8H2,1-2H3. The summed E-state index contributed by atoms with van der Waals surface area (Å²) in [6, 6.07) is 0.510. The Hall–Kier alpha value is -0.240. The van der Waals surface area contributed by atoms with Gasteiger partial charge >= 0.3 is 0 Å². The third-order valence-corrected chi connectivity index (χ3v) is 6.09. The van der Waals surface area contributed by atoms with Gasteiger partial charge in [0, 0.05) is 24.9 Å². The van der Waals surface area contributed by atoms with Crippen molar-refractivity contribution in [2.24, 2.45) is 29.6 Å². The van der Waals surface area contributed by atoms with Crippen molar-refractivity contribution in [1.29, 1.82) is 0 Å². The van der Waals surface area contributed by atoms with Gasteiger partial charge < -0.3 is 4.90 Å². The smallest absolute Gasteiger partial charge is 0.226 e. The Balaban J connectivity index is 1.74. The van der Waals surface area contributed by atoms with Gasteiger partial charge in [0.1, 0.15) is 0 Å². The zero-order valence-electron chi connectivity index (χ0n) is 11.4. The van der Waals surface area contributed by atoms with E-state index in [9.17, 15) is 4.79 Å². The lowest BCUT2D eigenvalue weighted by atomic mass is 9.54. The van der Waals surface area contributed by atoms with Crippen molar-refractivity contribution in [3.8, 4) is 0 Å². The summed E-state index contributed by atoms with van der Waals surface area (Å²) in [5.41, 5.74) is 0. The fourth-order valence-corrected chi connectivity index (χ4v) is 5.22. The monoisotopic (exact) mass is 269 g/mol. The lowest BCUT2D eigenvalue weighted by Crippen LogP contribution is -2.57. The van der Waals surface area contributed by atoms with E-state index in [0.717, 1.165) is 23.7 Å². The molecule has 1 unspecified atom stereocenters. The third-order valence-electron chi connectivity index (χ3n) is 5.62. The van der Waals surface area contributed by atoms with Crippen molar-refractivity contribution in [3.63, 3.8) is 0 Å². The molecular formula is C15H24ClNO. The molecule has 4 bridgehead atoms. The zero-order valence-corrected chi connectivity index (χ0v) is 12.2. The molecule has 0 aliphatic heterocycles. The first kappa shape index (κ1) is 12.8. The maximum absolute atomic E-state index is 12.3. The number of halogens is 1. The first-order valence-electron chi connectivity index (χ1n) is 7.42. The van der Waals surface area contributed by atoms with Crippen LogP contribution in [0.4, 0.5) is 0 Å². The summed E-state index contributed by atoms with van der Waals surface area (Å²) >= 11 is 5.83. The van der Waals surface area contributed by atoms with Gasteiger partial charge in [-0.15, -0.1) is 11.6 Å². The Labute approximate surface area is 115 Å². The van der Waals surface area contributed by atoms with Gasteiger partial charge in [-0.1, -0.05) is 6.92 Å². The van der Waals surface area contributed by atoms with Crippen molar-refractivity contribution in [2.75, 3.05) is 12.9 Å². The molecular weight excluding hydrogens is 246 g/mol. The molecule has 1 amide bonds. The van der Waals surface area contributed by atoms with E-state index in [-0.39, 0.29) is 11.8 Å². The maximum atomic E-state index is 12.3. The molecule has 4 aliphatic rings. The van der Waals surface area contributed by atoms with Crippen LogP contribution >= 0.6 is 11.6 Å². The van der Waals surface area contributed by atoms with Crippen molar-refractivity contribution in [1.82, 2.24) is 4.90 Å². The second-order valence-corrected chi connectivity index (χ2v) is 7.23. The number of alkyl halides is 1. The van der Waals surface area contributed by atoms with Gasteiger partial charge in [-0.25, -0.2) is 0 Å². The van der Waals surface area contributed by atoms with Crippen LogP contribution in [0.3, 0.4) is 0 Å². The molecule has 4 saturated carbocycles. The Kier molecular flexibility index (Phi) is 3.34. The van der Waals surface area contributed by atoms with Crippen LogP contribution in [0.1, 0.15) is 39.0 Å². The van der Waals surface area contributed by atoms with Gasteiger partial charge in [-0.2, -0.15) is 0 Å². The summed E-state index contributed by atoms with van der Waals surface area (Å²) in [6.45, 7) is 1.95. The highest BCUT2D eigenvalue weighted by molar-refractivity contribution is 6.19. The minimum absolute atomic E-state index is 0.0335. The highest BCUT2D eigenvalue weighted by Gasteiger charge is 2.50. The summed E-state index contributed by atoms with van der Waals surface area (Å²) in [4.78, 5) is 14.4. The van der Waals surface area contributed by atoms with E-state index in [0.29, 0.717) is 11.9 Å². The van der Waals surface area contributed by atoms with E-state index in [4.69, 9.17) is 11.6 Å². The molecule has 4 fully saturated rings. The molecule has 0 aromatic rings. The normalized spacial score (nSPS) is 42.9. The Morgan fingerprint density at radius 3 is 2.11 bits per heavy atom. The van der Waals surface area contributed by atoms with Crippen LogP contribution in [0.25, 0.3) is 0 Å². The molecule has 0 radical (unpaired) electrons. The Morgan fingerprint density at radius 2 is 1.67 bits per heavy atom. The number of amides is 1. The lowest BCUT2D eigenvalue weighted by molar-refractivity contribution is -0.144. The summed E-state index contributed by atoms with van der Waals surface area (Å²) in [5, 5.41) is 0. The number of carbonyl (C=O) groups excluding carboxylic acids is 1. The molecule has 0 aromatic heterocycles. The number of nitrogens with zero attached hydrogens (tertiary/aromatic N) is 1. The zero-order chi connectivity index (χ0) is 12.9. The molecule has 0 aromatic carbocycles. The van der Waals surface area contributed by atoms with Gasteiger partial charge in [-0.05, 0) is 55.8 Å². The molecule has 0 saturated heterocycles. The number of carbonyl (C=O) groups is 1. The second-order valence-electron chi connectivity index (χ2n) is 6.93. The first-order valence-corrected chi connectivity index (χ1v) is 7.96. The lowest BCUT2D eigenvalue weighted by Gasteiger charge is -2.56. The Bertz CT molecular complexity index is 315. The molecule has 1 atom stereocenters. The fraction of sp³-hybridized carbons (Fsp3) is 0.933. The van der Waals surface area contributed by atoms with E-state index in [1.807, 2.05) is 14.0 Å². The summed E-state index contributed by atoms with van der Waals surface area (Å²) in [5.74, 6) is 4.15. The number of rotatable bonds is 3. The van der Waals surface area contributed by atoms with E-state index in [1.165, 1.54) is 32.1 Å². The Morgan fingerprint density at radius 1 is 1.17 bits per heavy atom. The third kappa shape index (κ3) is 1.97. The maximum Gasteiger partial charge on any atom is 0.226 e.